The Labute approximate surface area is 261 Å². The summed E-state index contributed by atoms with van der Waals surface area (Å²) in [6, 6.07) is 5.23. The quantitative estimate of drug-likeness (QED) is 0.423. The van der Waals surface area contributed by atoms with Gasteiger partial charge in [-0.05, 0) is 80.1 Å². The van der Waals surface area contributed by atoms with Crippen LogP contribution in [0.25, 0.3) is 0 Å². The molecule has 0 radical (unpaired) electrons. The van der Waals surface area contributed by atoms with Crippen molar-refractivity contribution in [2.24, 2.45) is 11.8 Å². The lowest BCUT2D eigenvalue weighted by Gasteiger charge is -2.42. The van der Waals surface area contributed by atoms with Crippen LogP contribution in [0.3, 0.4) is 0 Å². The Kier molecular flexibility index (Phi) is 10.4. The molecule has 14 heteroatoms. The van der Waals surface area contributed by atoms with Crippen LogP contribution in [0.5, 0.6) is 0 Å². The lowest BCUT2D eigenvalue weighted by Crippen LogP contribution is -2.51. The Morgan fingerprint density at radius 3 is 2.00 bits per heavy atom. The molecular weight excluding hydrogens is 623 g/mol. The summed E-state index contributed by atoms with van der Waals surface area (Å²) in [6.07, 6.45) is -10.3. The average Bonchev–Trinajstić information content (AvgIpc) is 2.98. The van der Waals surface area contributed by atoms with E-state index >= 15 is 0 Å². The van der Waals surface area contributed by atoms with Gasteiger partial charge in [0.15, 0.2) is 0 Å². The molecule has 0 bridgehead atoms. The second-order valence-electron chi connectivity index (χ2n) is 12.2. The number of rotatable bonds is 6. The standard InChI is InChI=1S/C32H36F7N3O4/c1-18-12-24(33)4-5-25(18)27-17-42(29(45)21-6-9-41(10-7-21)28(44)19(2)43)11-8-26(27)30(46)40(3)16-20-13-22(31(34,35)36)15-23(14-20)32(37,38)39/h4-5,12-15,19,21,26-27,43H,6-11,16-17H2,1-3H3/t19-,26?,27?/m1/s1. The molecule has 46 heavy (non-hydrogen) atoms. The molecule has 2 aromatic carbocycles. The van der Waals surface area contributed by atoms with Crippen molar-refractivity contribution in [1.29, 1.82) is 0 Å². The second kappa shape index (κ2) is 13.6. The van der Waals surface area contributed by atoms with Crippen LogP contribution in [0.15, 0.2) is 36.4 Å². The molecule has 252 valence electrons. The Balaban J connectivity index is 1.56. The Morgan fingerprint density at radius 2 is 1.48 bits per heavy atom. The summed E-state index contributed by atoms with van der Waals surface area (Å²) in [5.74, 6) is -3.44. The highest BCUT2D eigenvalue weighted by atomic mass is 19.4. The van der Waals surface area contributed by atoms with Crippen molar-refractivity contribution in [3.63, 3.8) is 0 Å². The third-order valence-electron chi connectivity index (χ3n) is 8.83. The molecule has 2 saturated heterocycles. The summed E-state index contributed by atoms with van der Waals surface area (Å²) in [6.45, 7) is 3.36. The number of nitrogens with zero attached hydrogens (tertiary/aromatic N) is 3. The summed E-state index contributed by atoms with van der Waals surface area (Å²) >= 11 is 0. The van der Waals surface area contributed by atoms with Crippen LogP contribution in [0, 0.1) is 24.6 Å². The molecule has 0 saturated carbocycles. The number of amides is 3. The molecule has 2 fully saturated rings. The van der Waals surface area contributed by atoms with Crippen LogP contribution < -0.4 is 0 Å². The molecule has 0 aromatic heterocycles. The van der Waals surface area contributed by atoms with Gasteiger partial charge in [0, 0.05) is 57.5 Å². The van der Waals surface area contributed by atoms with E-state index < -0.39 is 71.5 Å². The number of benzene rings is 2. The van der Waals surface area contributed by atoms with Crippen LogP contribution >= 0.6 is 0 Å². The Bertz CT molecular complexity index is 1420. The van der Waals surface area contributed by atoms with E-state index in [2.05, 4.69) is 0 Å². The zero-order valence-electron chi connectivity index (χ0n) is 25.6. The molecular formula is C32H36F7N3O4. The first-order chi connectivity index (χ1) is 21.4. The highest BCUT2D eigenvalue weighted by molar-refractivity contribution is 5.83. The number of carbonyl (C=O) groups excluding carboxylic acids is 3. The fourth-order valence-corrected chi connectivity index (χ4v) is 6.43. The molecule has 0 aliphatic carbocycles. The molecule has 1 N–H and O–H groups in total. The average molecular weight is 660 g/mol. The van der Waals surface area contributed by atoms with Crippen molar-refractivity contribution >= 4 is 17.7 Å². The number of aliphatic hydroxyl groups is 1. The predicted molar refractivity (Wildman–Crippen MR) is 152 cm³/mol. The van der Waals surface area contributed by atoms with Crippen molar-refractivity contribution < 1.29 is 50.2 Å². The minimum absolute atomic E-state index is 0.0280. The number of aliphatic hydroxyl groups excluding tert-OH is 1. The SMILES string of the molecule is Cc1cc(F)ccc1C1CN(C(=O)C2CCN(C(=O)[C@@H](C)O)CC2)CCC1C(=O)N(C)Cc1cc(C(F)(F)F)cc(C(F)(F)F)c1. The molecule has 2 unspecified atom stereocenters. The first-order valence-corrected chi connectivity index (χ1v) is 14.9. The van der Waals surface area contributed by atoms with E-state index in [1.807, 2.05) is 0 Å². The fourth-order valence-electron chi connectivity index (χ4n) is 6.43. The van der Waals surface area contributed by atoms with Crippen LogP contribution in [0.2, 0.25) is 0 Å². The van der Waals surface area contributed by atoms with Gasteiger partial charge in [-0.3, -0.25) is 14.4 Å². The summed E-state index contributed by atoms with van der Waals surface area (Å²) in [4.78, 5) is 43.7. The summed E-state index contributed by atoms with van der Waals surface area (Å²) in [5.41, 5.74) is -2.18. The van der Waals surface area contributed by atoms with Gasteiger partial charge in [0.1, 0.15) is 11.9 Å². The highest BCUT2D eigenvalue weighted by Crippen LogP contribution is 2.39. The largest absolute Gasteiger partial charge is 0.416 e. The zero-order valence-corrected chi connectivity index (χ0v) is 25.6. The normalized spacial score (nSPS) is 20.4. The maximum atomic E-state index is 14.0. The zero-order chi connectivity index (χ0) is 34.1. The molecule has 3 atom stereocenters. The van der Waals surface area contributed by atoms with Crippen molar-refractivity contribution in [3.8, 4) is 0 Å². The Morgan fingerprint density at radius 1 is 0.913 bits per heavy atom. The van der Waals surface area contributed by atoms with Crippen LogP contribution in [-0.2, 0) is 33.3 Å². The summed E-state index contributed by atoms with van der Waals surface area (Å²) in [7, 11) is 1.30. The minimum Gasteiger partial charge on any atom is -0.384 e. The number of hydrogen-bond acceptors (Lipinski definition) is 4. The lowest BCUT2D eigenvalue weighted by atomic mass is 9.77. The third-order valence-corrected chi connectivity index (χ3v) is 8.83. The van der Waals surface area contributed by atoms with E-state index in [1.165, 1.54) is 37.1 Å². The monoisotopic (exact) mass is 659 g/mol. The van der Waals surface area contributed by atoms with Gasteiger partial charge in [-0.1, -0.05) is 6.07 Å². The predicted octanol–water partition coefficient (Wildman–Crippen LogP) is 5.38. The van der Waals surface area contributed by atoms with E-state index in [4.69, 9.17) is 0 Å². The smallest absolute Gasteiger partial charge is 0.384 e. The topological polar surface area (TPSA) is 81.2 Å². The summed E-state index contributed by atoms with van der Waals surface area (Å²) in [5, 5.41) is 9.60. The highest BCUT2D eigenvalue weighted by Gasteiger charge is 2.41. The van der Waals surface area contributed by atoms with Gasteiger partial charge in [0.2, 0.25) is 11.8 Å². The molecule has 0 spiro atoms. The molecule has 2 aromatic rings. The molecule has 4 rings (SSSR count). The first-order valence-electron chi connectivity index (χ1n) is 14.9. The van der Waals surface area contributed by atoms with Gasteiger partial charge in [-0.15, -0.1) is 0 Å². The fraction of sp³-hybridized carbons (Fsp3) is 0.531. The minimum atomic E-state index is -5.04. The summed E-state index contributed by atoms with van der Waals surface area (Å²) < 4.78 is 94.5. The van der Waals surface area contributed by atoms with Gasteiger partial charge < -0.3 is 19.8 Å². The van der Waals surface area contributed by atoms with Gasteiger partial charge in [-0.25, -0.2) is 4.39 Å². The van der Waals surface area contributed by atoms with Crippen molar-refractivity contribution in [1.82, 2.24) is 14.7 Å². The maximum absolute atomic E-state index is 14.0. The second-order valence-corrected chi connectivity index (χ2v) is 12.2. The van der Waals surface area contributed by atoms with Gasteiger partial charge in [0.25, 0.3) is 5.91 Å². The first kappa shape index (κ1) is 35.2. The molecule has 3 amide bonds. The van der Waals surface area contributed by atoms with Gasteiger partial charge in [0.05, 0.1) is 11.1 Å². The van der Waals surface area contributed by atoms with Crippen molar-refractivity contribution in [2.75, 3.05) is 33.2 Å². The van der Waals surface area contributed by atoms with Crippen molar-refractivity contribution in [2.45, 2.75) is 64.0 Å². The number of halogens is 7. The lowest BCUT2D eigenvalue weighted by molar-refractivity contribution is -0.147. The molecule has 7 nitrogen and oxygen atoms in total. The van der Waals surface area contributed by atoms with Crippen LogP contribution in [0.4, 0.5) is 30.7 Å². The van der Waals surface area contributed by atoms with E-state index in [1.54, 1.807) is 11.8 Å². The van der Waals surface area contributed by atoms with E-state index in [9.17, 15) is 50.2 Å². The van der Waals surface area contributed by atoms with E-state index in [0.29, 0.717) is 49.2 Å². The number of piperidine rings is 2. The molecule has 2 heterocycles. The van der Waals surface area contributed by atoms with Crippen LogP contribution in [0.1, 0.15) is 59.9 Å². The number of alkyl halides is 6. The van der Waals surface area contributed by atoms with Gasteiger partial charge >= 0.3 is 12.4 Å². The van der Waals surface area contributed by atoms with Gasteiger partial charge in [-0.2, -0.15) is 26.3 Å². The molecule has 2 aliphatic heterocycles. The number of hydrogen-bond donors (Lipinski definition) is 1. The van der Waals surface area contributed by atoms with Crippen LogP contribution in [-0.4, -0.2) is 76.9 Å². The van der Waals surface area contributed by atoms with E-state index in [0.717, 1.165) is 4.90 Å². The number of aryl methyl sites for hydroxylation is 1. The molecule has 2 aliphatic rings. The Hall–Kier alpha value is -3.68. The third kappa shape index (κ3) is 7.99. The van der Waals surface area contributed by atoms with Crippen molar-refractivity contribution in [3.05, 3.63) is 70.0 Å². The number of likely N-dealkylation sites (tertiary alicyclic amines) is 2. The number of carbonyl (C=O) groups is 3. The maximum Gasteiger partial charge on any atom is 0.416 e. The van der Waals surface area contributed by atoms with E-state index in [-0.39, 0.29) is 37.0 Å².